The van der Waals surface area contributed by atoms with Crippen molar-refractivity contribution in [2.75, 3.05) is 13.1 Å². The molecule has 4 heteroatoms. The maximum Gasteiger partial charge on any atom is 0.345 e. The number of benzene rings is 1. The molecule has 0 atom stereocenters. The number of rotatable bonds is 2. The van der Waals surface area contributed by atoms with Gasteiger partial charge in [0.2, 0.25) is 0 Å². The number of nitrogens with one attached hydrogen (secondary N) is 1. The van der Waals surface area contributed by atoms with Crippen LogP contribution in [0, 0.1) is 0 Å². The molecule has 3 rings (SSSR count). The topological polar surface area (TPSA) is 49.3 Å². The van der Waals surface area contributed by atoms with Gasteiger partial charge >= 0.3 is 5.97 Å². The number of fused-ring (bicyclic) bond motifs is 1. The monoisotopic (exact) mass is 259 g/mol. The van der Waals surface area contributed by atoms with Gasteiger partial charge in [-0.3, -0.25) is 0 Å². The molecule has 2 aromatic rings. The van der Waals surface area contributed by atoms with E-state index in [-0.39, 0.29) is 0 Å². The molecular weight excluding hydrogens is 246 g/mol. The highest BCUT2D eigenvalue weighted by Crippen LogP contribution is 2.29. The lowest BCUT2D eigenvalue weighted by Crippen LogP contribution is -2.19. The van der Waals surface area contributed by atoms with Crippen LogP contribution in [0.15, 0.2) is 30.3 Å². The Balaban J connectivity index is 2.05. The highest BCUT2D eigenvalue weighted by atomic mass is 32.1. The van der Waals surface area contributed by atoms with Gasteiger partial charge in [-0.1, -0.05) is 12.1 Å². The first-order chi connectivity index (χ1) is 8.74. The summed E-state index contributed by atoms with van der Waals surface area (Å²) in [4.78, 5) is 11.4. The molecule has 1 aliphatic rings. The maximum absolute atomic E-state index is 10.9. The molecule has 0 saturated carbocycles. The summed E-state index contributed by atoms with van der Waals surface area (Å²) < 4.78 is 1.03. The van der Waals surface area contributed by atoms with Gasteiger partial charge in [0.15, 0.2) is 0 Å². The standard InChI is InChI=1S/C14H13NO2S/c16-14(17)13-8-11-7-10(1-2-12(11)18-13)9-3-5-15-6-4-9/h1-3,7-8,15H,4-6H2,(H,16,17). The smallest absolute Gasteiger partial charge is 0.345 e. The second kappa shape index (κ2) is 4.55. The van der Waals surface area contributed by atoms with Gasteiger partial charge in [-0.25, -0.2) is 4.79 Å². The van der Waals surface area contributed by atoms with E-state index in [4.69, 9.17) is 5.11 Å². The zero-order valence-corrected chi connectivity index (χ0v) is 10.6. The van der Waals surface area contributed by atoms with E-state index in [9.17, 15) is 4.79 Å². The van der Waals surface area contributed by atoms with E-state index in [1.54, 1.807) is 6.07 Å². The summed E-state index contributed by atoms with van der Waals surface area (Å²) >= 11 is 1.33. The lowest BCUT2D eigenvalue weighted by atomic mass is 9.99. The van der Waals surface area contributed by atoms with Gasteiger partial charge < -0.3 is 10.4 Å². The van der Waals surface area contributed by atoms with E-state index in [0.717, 1.165) is 29.6 Å². The average Bonchev–Trinajstić information content (AvgIpc) is 2.82. The fourth-order valence-electron chi connectivity index (χ4n) is 2.23. The summed E-state index contributed by atoms with van der Waals surface area (Å²) in [6.07, 6.45) is 3.23. The number of carboxylic acids is 1. The zero-order chi connectivity index (χ0) is 12.5. The normalized spacial score (nSPS) is 15.7. The van der Waals surface area contributed by atoms with Crippen molar-refractivity contribution in [2.24, 2.45) is 0 Å². The summed E-state index contributed by atoms with van der Waals surface area (Å²) in [5.74, 6) is -0.848. The van der Waals surface area contributed by atoms with Crippen LogP contribution in [0.1, 0.15) is 21.7 Å². The molecule has 92 valence electrons. The van der Waals surface area contributed by atoms with Crippen LogP contribution in [-0.4, -0.2) is 24.2 Å². The van der Waals surface area contributed by atoms with Crippen LogP contribution >= 0.6 is 11.3 Å². The number of carbonyl (C=O) groups is 1. The van der Waals surface area contributed by atoms with Gasteiger partial charge in [0.25, 0.3) is 0 Å². The molecule has 1 aromatic carbocycles. The molecule has 1 aliphatic heterocycles. The van der Waals surface area contributed by atoms with Crippen molar-refractivity contribution in [3.63, 3.8) is 0 Å². The van der Waals surface area contributed by atoms with Crippen LogP contribution < -0.4 is 5.32 Å². The minimum absolute atomic E-state index is 0.404. The molecule has 0 aliphatic carbocycles. The fraction of sp³-hybridized carbons (Fsp3) is 0.214. The third-order valence-corrected chi connectivity index (χ3v) is 4.27. The van der Waals surface area contributed by atoms with Crippen molar-refractivity contribution < 1.29 is 9.90 Å². The van der Waals surface area contributed by atoms with Crippen molar-refractivity contribution in [3.8, 4) is 0 Å². The van der Waals surface area contributed by atoms with E-state index in [1.165, 1.54) is 22.5 Å². The molecular formula is C14H13NO2S. The largest absolute Gasteiger partial charge is 0.477 e. The first-order valence-electron chi connectivity index (χ1n) is 5.91. The highest BCUT2D eigenvalue weighted by Gasteiger charge is 2.10. The molecule has 0 amide bonds. The van der Waals surface area contributed by atoms with Gasteiger partial charge in [-0.2, -0.15) is 0 Å². The Hall–Kier alpha value is -1.65. The highest BCUT2D eigenvalue weighted by molar-refractivity contribution is 7.20. The molecule has 0 unspecified atom stereocenters. The van der Waals surface area contributed by atoms with E-state index < -0.39 is 5.97 Å². The Bertz CT molecular complexity index is 642. The minimum atomic E-state index is -0.848. The fourth-order valence-corrected chi connectivity index (χ4v) is 3.12. The lowest BCUT2D eigenvalue weighted by molar-refractivity contribution is 0.0702. The third kappa shape index (κ3) is 2.05. The van der Waals surface area contributed by atoms with Crippen molar-refractivity contribution in [3.05, 3.63) is 40.8 Å². The number of hydrogen-bond donors (Lipinski definition) is 2. The summed E-state index contributed by atoms with van der Waals surface area (Å²) in [6, 6.07) is 7.95. The summed E-state index contributed by atoms with van der Waals surface area (Å²) in [5.41, 5.74) is 2.55. The van der Waals surface area contributed by atoms with Crippen LogP contribution in [0.3, 0.4) is 0 Å². The first-order valence-corrected chi connectivity index (χ1v) is 6.73. The van der Waals surface area contributed by atoms with Gasteiger partial charge in [-0.15, -0.1) is 11.3 Å². The SMILES string of the molecule is O=C(O)c1cc2cc(C3=CCNCC3)ccc2s1. The van der Waals surface area contributed by atoms with Crippen LogP contribution in [0.25, 0.3) is 15.7 Å². The molecule has 0 bridgehead atoms. The van der Waals surface area contributed by atoms with Crippen molar-refractivity contribution in [1.29, 1.82) is 0 Å². The number of thiophene rings is 1. The lowest BCUT2D eigenvalue weighted by Gasteiger charge is -2.14. The van der Waals surface area contributed by atoms with Crippen molar-refractivity contribution in [1.82, 2.24) is 5.32 Å². The summed E-state index contributed by atoms with van der Waals surface area (Å²) in [5, 5.41) is 13.3. The molecule has 0 spiro atoms. The van der Waals surface area contributed by atoms with E-state index in [2.05, 4.69) is 23.5 Å². The second-order valence-electron chi connectivity index (χ2n) is 4.35. The van der Waals surface area contributed by atoms with Crippen molar-refractivity contribution in [2.45, 2.75) is 6.42 Å². The van der Waals surface area contributed by atoms with Crippen LogP contribution in [0.2, 0.25) is 0 Å². The van der Waals surface area contributed by atoms with Crippen LogP contribution in [0.4, 0.5) is 0 Å². The Kier molecular flexibility index (Phi) is 2.89. The Labute approximate surface area is 109 Å². The minimum Gasteiger partial charge on any atom is -0.477 e. The van der Waals surface area contributed by atoms with Crippen LogP contribution in [0.5, 0.6) is 0 Å². The molecule has 0 saturated heterocycles. The van der Waals surface area contributed by atoms with Gasteiger partial charge in [0, 0.05) is 11.2 Å². The van der Waals surface area contributed by atoms with Crippen molar-refractivity contribution >= 4 is 33.0 Å². The summed E-state index contributed by atoms with van der Waals surface area (Å²) in [7, 11) is 0. The molecule has 0 radical (unpaired) electrons. The molecule has 18 heavy (non-hydrogen) atoms. The molecule has 2 heterocycles. The van der Waals surface area contributed by atoms with Gasteiger partial charge in [-0.05, 0) is 47.7 Å². The quantitative estimate of drug-likeness (QED) is 0.871. The average molecular weight is 259 g/mol. The predicted molar refractivity (Wildman–Crippen MR) is 74.2 cm³/mol. The number of hydrogen-bond acceptors (Lipinski definition) is 3. The zero-order valence-electron chi connectivity index (χ0n) is 9.77. The Morgan fingerprint density at radius 2 is 2.22 bits per heavy atom. The molecule has 2 N–H and O–H groups in total. The molecule has 1 aromatic heterocycles. The maximum atomic E-state index is 10.9. The Morgan fingerprint density at radius 1 is 1.33 bits per heavy atom. The molecule has 0 fully saturated rings. The predicted octanol–water partition coefficient (Wildman–Crippen LogP) is 2.98. The Morgan fingerprint density at radius 3 is 2.94 bits per heavy atom. The first kappa shape index (κ1) is 11.4. The number of aromatic carboxylic acids is 1. The number of carboxylic acid groups (broad SMARTS) is 1. The molecule has 3 nitrogen and oxygen atoms in total. The van der Waals surface area contributed by atoms with Crippen LogP contribution in [-0.2, 0) is 0 Å². The third-order valence-electron chi connectivity index (χ3n) is 3.16. The second-order valence-corrected chi connectivity index (χ2v) is 5.44. The van der Waals surface area contributed by atoms with E-state index in [1.807, 2.05) is 6.07 Å². The van der Waals surface area contributed by atoms with Gasteiger partial charge in [0.1, 0.15) is 4.88 Å². The summed E-state index contributed by atoms with van der Waals surface area (Å²) in [6.45, 7) is 1.92. The van der Waals surface area contributed by atoms with E-state index in [0.29, 0.717) is 4.88 Å². The van der Waals surface area contributed by atoms with Gasteiger partial charge in [0.05, 0.1) is 0 Å². The van der Waals surface area contributed by atoms with E-state index >= 15 is 0 Å².